The van der Waals surface area contributed by atoms with Gasteiger partial charge in [-0.25, -0.2) is 0 Å². The summed E-state index contributed by atoms with van der Waals surface area (Å²) in [5, 5.41) is 8.33. The number of hydrogen-bond donors (Lipinski definition) is 0. The van der Waals surface area contributed by atoms with Gasteiger partial charge in [0, 0.05) is 12.8 Å². The maximum Gasteiger partial charge on any atom is 0.158 e. The van der Waals surface area contributed by atoms with E-state index in [-0.39, 0.29) is 0 Å². The summed E-state index contributed by atoms with van der Waals surface area (Å²) in [7, 11) is 0. The van der Waals surface area contributed by atoms with Crippen molar-refractivity contribution < 1.29 is 4.79 Å². The Morgan fingerprint density at radius 1 is 1.29 bits per heavy atom. The van der Waals surface area contributed by atoms with Gasteiger partial charge in [-0.1, -0.05) is 18.9 Å². The fourth-order valence-corrected chi connectivity index (χ4v) is 1.77. The number of hydrogen-bond acceptors (Lipinski definition) is 2. The van der Waals surface area contributed by atoms with Crippen LogP contribution in [0.5, 0.6) is 0 Å². The number of rotatable bonds is 6. The highest BCUT2D eigenvalue weighted by Crippen LogP contribution is 2.19. The molecule has 0 unspecified atom stereocenters. The maximum atomic E-state index is 11.2. The molecule has 14 heavy (non-hydrogen) atoms. The molecule has 2 nitrogen and oxygen atoms in total. The van der Waals surface area contributed by atoms with Crippen molar-refractivity contribution >= 4 is 5.78 Å². The summed E-state index contributed by atoms with van der Waals surface area (Å²) >= 11 is 0. The molecular formula is C12H17NO. The fourth-order valence-electron chi connectivity index (χ4n) is 1.77. The molecule has 0 aromatic heterocycles. The van der Waals surface area contributed by atoms with Crippen LogP contribution in [0.3, 0.4) is 0 Å². The first-order valence-electron chi connectivity index (χ1n) is 5.44. The zero-order chi connectivity index (χ0) is 10.2. The van der Waals surface area contributed by atoms with E-state index in [1.807, 2.05) is 0 Å². The molecule has 0 heterocycles. The van der Waals surface area contributed by atoms with Crippen LogP contribution in [0.2, 0.25) is 0 Å². The van der Waals surface area contributed by atoms with E-state index < -0.39 is 0 Å². The summed E-state index contributed by atoms with van der Waals surface area (Å²) in [6.45, 7) is 0. The number of ketones is 1. The predicted molar refractivity (Wildman–Crippen MR) is 55.6 cm³/mol. The van der Waals surface area contributed by atoms with Crippen molar-refractivity contribution in [2.45, 2.75) is 51.4 Å². The van der Waals surface area contributed by atoms with Crippen LogP contribution in [0.15, 0.2) is 11.6 Å². The first-order chi connectivity index (χ1) is 6.84. The van der Waals surface area contributed by atoms with Crippen LogP contribution < -0.4 is 0 Å². The molecule has 0 amide bonds. The van der Waals surface area contributed by atoms with Gasteiger partial charge >= 0.3 is 0 Å². The Morgan fingerprint density at radius 3 is 2.71 bits per heavy atom. The minimum atomic E-state index is 0.349. The SMILES string of the molecule is N#CCCCCCCC1=CCCC1=O. The van der Waals surface area contributed by atoms with Crippen LogP contribution >= 0.6 is 0 Å². The highest BCUT2D eigenvalue weighted by molar-refractivity contribution is 5.97. The van der Waals surface area contributed by atoms with Crippen molar-refractivity contribution in [2.24, 2.45) is 0 Å². The van der Waals surface area contributed by atoms with Gasteiger partial charge in [0.05, 0.1) is 6.07 Å². The standard InChI is InChI=1S/C12H17NO/c13-10-5-3-1-2-4-7-11-8-6-9-12(11)14/h8H,1-7,9H2. The molecule has 0 saturated heterocycles. The van der Waals surface area contributed by atoms with E-state index in [1.165, 1.54) is 0 Å². The van der Waals surface area contributed by atoms with Gasteiger partial charge in [0.1, 0.15) is 0 Å². The summed E-state index contributed by atoms with van der Waals surface area (Å²) in [5.41, 5.74) is 1.05. The first kappa shape index (κ1) is 11.0. The average molecular weight is 191 g/mol. The number of allylic oxidation sites excluding steroid dienone is 2. The number of nitrogens with zero attached hydrogens (tertiary/aromatic N) is 1. The lowest BCUT2D eigenvalue weighted by Crippen LogP contribution is -1.95. The van der Waals surface area contributed by atoms with E-state index in [2.05, 4.69) is 12.1 Å². The summed E-state index contributed by atoms with van der Waals surface area (Å²) in [5.74, 6) is 0.349. The van der Waals surface area contributed by atoms with Crippen LogP contribution in [0, 0.1) is 11.3 Å². The van der Waals surface area contributed by atoms with Crippen molar-refractivity contribution in [3.63, 3.8) is 0 Å². The predicted octanol–water partition coefficient (Wildman–Crippen LogP) is 3.14. The highest BCUT2D eigenvalue weighted by atomic mass is 16.1. The second-order valence-corrected chi connectivity index (χ2v) is 3.76. The third kappa shape index (κ3) is 3.74. The van der Waals surface area contributed by atoms with Crippen LogP contribution in [-0.4, -0.2) is 5.78 Å². The van der Waals surface area contributed by atoms with Gasteiger partial charge in [-0.15, -0.1) is 0 Å². The lowest BCUT2D eigenvalue weighted by molar-refractivity contribution is -0.115. The number of unbranched alkanes of at least 4 members (excludes halogenated alkanes) is 4. The highest BCUT2D eigenvalue weighted by Gasteiger charge is 2.13. The lowest BCUT2D eigenvalue weighted by Gasteiger charge is -2.00. The van der Waals surface area contributed by atoms with E-state index in [0.717, 1.165) is 50.5 Å². The van der Waals surface area contributed by atoms with Crippen molar-refractivity contribution in [1.82, 2.24) is 0 Å². The molecule has 1 rings (SSSR count). The van der Waals surface area contributed by atoms with Crippen molar-refractivity contribution in [1.29, 1.82) is 5.26 Å². The molecule has 0 N–H and O–H groups in total. The van der Waals surface area contributed by atoms with E-state index in [1.54, 1.807) is 0 Å². The molecule has 0 fully saturated rings. The second-order valence-electron chi connectivity index (χ2n) is 3.76. The molecule has 0 saturated carbocycles. The quantitative estimate of drug-likeness (QED) is 0.605. The molecule has 0 aromatic rings. The molecule has 0 atom stereocenters. The summed E-state index contributed by atoms with van der Waals surface area (Å²) < 4.78 is 0. The van der Waals surface area contributed by atoms with Gasteiger partial charge in [-0.3, -0.25) is 4.79 Å². The zero-order valence-corrected chi connectivity index (χ0v) is 8.59. The smallest absolute Gasteiger partial charge is 0.158 e. The van der Waals surface area contributed by atoms with Crippen molar-refractivity contribution in [3.05, 3.63) is 11.6 Å². The number of Topliss-reactive ketones (excluding diaryl/α,β-unsaturated/α-hetero) is 1. The zero-order valence-electron chi connectivity index (χ0n) is 8.59. The first-order valence-corrected chi connectivity index (χ1v) is 5.44. The van der Waals surface area contributed by atoms with Crippen LogP contribution in [0.25, 0.3) is 0 Å². The summed E-state index contributed by atoms with van der Waals surface area (Å²) in [6.07, 6.45) is 9.74. The minimum Gasteiger partial charge on any atom is -0.295 e. The fraction of sp³-hybridized carbons (Fsp3) is 0.667. The Kier molecular flexibility index (Phi) is 4.99. The Hall–Kier alpha value is -1.10. The molecule has 0 radical (unpaired) electrons. The largest absolute Gasteiger partial charge is 0.295 e. The molecule has 1 aliphatic carbocycles. The third-order valence-corrected chi connectivity index (χ3v) is 2.60. The molecular weight excluding hydrogens is 174 g/mol. The van der Waals surface area contributed by atoms with Gasteiger partial charge in [0.2, 0.25) is 0 Å². The summed E-state index contributed by atoms with van der Waals surface area (Å²) in [4.78, 5) is 11.2. The number of nitriles is 1. The number of carbonyl (C=O) groups is 1. The van der Waals surface area contributed by atoms with Crippen molar-refractivity contribution in [3.8, 4) is 6.07 Å². The van der Waals surface area contributed by atoms with E-state index in [9.17, 15) is 4.79 Å². The van der Waals surface area contributed by atoms with Crippen molar-refractivity contribution in [2.75, 3.05) is 0 Å². The maximum absolute atomic E-state index is 11.2. The minimum absolute atomic E-state index is 0.349. The van der Waals surface area contributed by atoms with Gasteiger partial charge in [-0.2, -0.15) is 5.26 Å². The van der Waals surface area contributed by atoms with Gasteiger partial charge in [0.15, 0.2) is 5.78 Å². The van der Waals surface area contributed by atoms with E-state index in [0.29, 0.717) is 12.2 Å². The Morgan fingerprint density at radius 2 is 2.07 bits per heavy atom. The topological polar surface area (TPSA) is 40.9 Å². The lowest BCUT2D eigenvalue weighted by atomic mass is 10.0. The summed E-state index contributed by atoms with van der Waals surface area (Å²) in [6, 6.07) is 2.14. The van der Waals surface area contributed by atoms with Crippen LogP contribution in [0.1, 0.15) is 51.4 Å². The van der Waals surface area contributed by atoms with Gasteiger partial charge in [-0.05, 0) is 31.3 Å². The molecule has 0 aliphatic heterocycles. The molecule has 2 heteroatoms. The molecule has 1 aliphatic rings. The number of carbonyl (C=O) groups excluding carboxylic acids is 1. The molecule has 0 spiro atoms. The second kappa shape index (κ2) is 6.37. The van der Waals surface area contributed by atoms with Gasteiger partial charge in [0.25, 0.3) is 0 Å². The molecule has 0 aromatic carbocycles. The molecule has 0 bridgehead atoms. The van der Waals surface area contributed by atoms with Crippen LogP contribution in [0.4, 0.5) is 0 Å². The molecule has 76 valence electrons. The van der Waals surface area contributed by atoms with E-state index in [4.69, 9.17) is 5.26 Å². The normalized spacial score (nSPS) is 15.4. The Balaban J connectivity index is 1.99. The Bertz CT molecular complexity index is 260. The Labute approximate surface area is 85.6 Å². The van der Waals surface area contributed by atoms with Gasteiger partial charge < -0.3 is 0 Å². The average Bonchev–Trinajstić information content (AvgIpc) is 2.58. The van der Waals surface area contributed by atoms with Crippen LogP contribution in [-0.2, 0) is 4.79 Å². The monoisotopic (exact) mass is 191 g/mol. The third-order valence-electron chi connectivity index (χ3n) is 2.60. The van der Waals surface area contributed by atoms with E-state index >= 15 is 0 Å².